The van der Waals surface area contributed by atoms with Crippen molar-refractivity contribution in [2.24, 2.45) is 0 Å². The highest BCUT2D eigenvalue weighted by Crippen LogP contribution is 2.42. The number of anilines is 1. The van der Waals surface area contributed by atoms with Crippen molar-refractivity contribution < 1.29 is 9.53 Å². The number of carbonyl (C=O) groups is 1. The lowest BCUT2D eigenvalue weighted by Gasteiger charge is -2.39. The minimum Gasteiger partial charge on any atom is -0.497 e. The van der Waals surface area contributed by atoms with E-state index < -0.39 is 0 Å². The number of rotatable bonds is 4. The smallest absolute Gasteiger partial charge is 0.261 e. The van der Waals surface area contributed by atoms with Gasteiger partial charge in [-0.05, 0) is 48.7 Å². The van der Waals surface area contributed by atoms with Crippen LogP contribution in [-0.4, -0.2) is 27.8 Å². The molecular weight excluding hydrogens is 400 g/mol. The fourth-order valence-corrected chi connectivity index (χ4v) is 4.32. The summed E-state index contributed by atoms with van der Waals surface area (Å²) in [5, 5.41) is 4.51. The molecule has 1 aromatic heterocycles. The summed E-state index contributed by atoms with van der Waals surface area (Å²) in [5.74, 6) is 1.24. The summed E-state index contributed by atoms with van der Waals surface area (Å²) < 4.78 is 7.21. The number of aryl methyl sites for hydroxylation is 1. The Hall–Kier alpha value is -3.93. The Morgan fingerprint density at radius 3 is 2.25 bits per heavy atom. The third-order valence-electron chi connectivity index (χ3n) is 6.03. The second kappa shape index (κ2) is 8.30. The average Bonchev–Trinajstić information content (AvgIpc) is 3.34. The molecule has 6 nitrogen and oxygen atoms in total. The Balaban J connectivity index is 1.63. The van der Waals surface area contributed by atoms with Gasteiger partial charge in [0, 0.05) is 5.56 Å². The molecule has 0 aliphatic carbocycles. The second-order valence-corrected chi connectivity index (χ2v) is 8.00. The molecule has 2 atom stereocenters. The highest BCUT2D eigenvalue weighted by Gasteiger charge is 2.39. The van der Waals surface area contributed by atoms with E-state index in [9.17, 15) is 4.79 Å². The Morgan fingerprint density at radius 1 is 0.906 bits per heavy atom. The largest absolute Gasteiger partial charge is 0.497 e. The Bertz CT molecular complexity index is 1220. The van der Waals surface area contributed by atoms with Crippen LogP contribution in [0.5, 0.6) is 5.75 Å². The number of hydrogen-bond donors (Lipinski definition) is 0. The van der Waals surface area contributed by atoms with Crippen LogP contribution in [-0.2, 0) is 0 Å². The summed E-state index contributed by atoms with van der Waals surface area (Å²) >= 11 is 0. The molecule has 0 fully saturated rings. The molecule has 6 heteroatoms. The molecule has 0 N–H and O–H groups in total. The molecule has 0 radical (unpaired) electrons. The van der Waals surface area contributed by atoms with Gasteiger partial charge in [-0.15, -0.1) is 0 Å². The van der Waals surface area contributed by atoms with E-state index in [2.05, 4.69) is 41.3 Å². The normalized spacial score (nSPS) is 17.6. The fraction of sp³-hybridized carbons (Fsp3) is 0.192. The molecule has 0 saturated carbocycles. The van der Waals surface area contributed by atoms with E-state index in [1.54, 1.807) is 12.0 Å². The maximum atomic E-state index is 13.7. The molecule has 3 aromatic carbocycles. The fourth-order valence-electron chi connectivity index (χ4n) is 4.32. The first kappa shape index (κ1) is 20.0. The van der Waals surface area contributed by atoms with E-state index in [0.717, 1.165) is 16.9 Å². The van der Waals surface area contributed by atoms with Gasteiger partial charge >= 0.3 is 0 Å². The van der Waals surface area contributed by atoms with Crippen LogP contribution in [0.3, 0.4) is 0 Å². The maximum absolute atomic E-state index is 13.7. The van der Waals surface area contributed by atoms with Crippen LogP contribution in [0.4, 0.5) is 5.95 Å². The van der Waals surface area contributed by atoms with E-state index in [4.69, 9.17) is 4.74 Å². The Labute approximate surface area is 187 Å². The summed E-state index contributed by atoms with van der Waals surface area (Å²) in [4.78, 5) is 20.0. The van der Waals surface area contributed by atoms with E-state index in [1.807, 2.05) is 59.3 Å². The van der Waals surface area contributed by atoms with E-state index in [0.29, 0.717) is 17.9 Å². The topological polar surface area (TPSA) is 60.2 Å². The molecule has 2 heterocycles. The summed E-state index contributed by atoms with van der Waals surface area (Å²) in [6, 6.07) is 25.5. The first-order valence-electron chi connectivity index (χ1n) is 10.6. The van der Waals surface area contributed by atoms with Gasteiger partial charge < -0.3 is 4.74 Å². The van der Waals surface area contributed by atoms with Gasteiger partial charge in [-0.2, -0.15) is 10.1 Å². The number of hydrogen-bond acceptors (Lipinski definition) is 4. The van der Waals surface area contributed by atoms with Crippen LogP contribution in [0, 0.1) is 6.92 Å². The van der Waals surface area contributed by atoms with Crippen LogP contribution in [0.2, 0.25) is 0 Å². The highest BCUT2D eigenvalue weighted by atomic mass is 16.5. The van der Waals surface area contributed by atoms with Crippen LogP contribution in [0.25, 0.3) is 0 Å². The van der Waals surface area contributed by atoms with Crippen molar-refractivity contribution in [1.82, 2.24) is 14.8 Å². The van der Waals surface area contributed by atoms with Gasteiger partial charge in [0.05, 0.1) is 19.2 Å². The number of aromatic nitrogens is 3. The van der Waals surface area contributed by atoms with E-state index in [-0.39, 0.29) is 18.0 Å². The summed E-state index contributed by atoms with van der Waals surface area (Å²) in [6.07, 6.45) is 2.21. The molecule has 0 spiro atoms. The molecule has 1 aliphatic rings. The SMILES string of the molecule is COc1ccc([C@@H]2C[C@H](c3ccc(C)cc3)n3ncnc3N2C(=O)c2ccccc2)cc1. The first-order valence-corrected chi connectivity index (χ1v) is 10.6. The lowest BCUT2D eigenvalue weighted by atomic mass is 9.91. The molecule has 0 saturated heterocycles. The minimum absolute atomic E-state index is 0.0278. The number of nitrogens with zero attached hydrogens (tertiary/aromatic N) is 4. The third-order valence-corrected chi connectivity index (χ3v) is 6.03. The molecule has 0 unspecified atom stereocenters. The van der Waals surface area contributed by atoms with Gasteiger partial charge in [-0.1, -0.05) is 60.2 Å². The van der Waals surface area contributed by atoms with Gasteiger partial charge in [0.2, 0.25) is 5.95 Å². The first-order chi connectivity index (χ1) is 15.7. The summed E-state index contributed by atoms with van der Waals surface area (Å²) in [5.41, 5.74) is 4.00. The van der Waals surface area contributed by atoms with E-state index >= 15 is 0 Å². The van der Waals surface area contributed by atoms with Crippen LogP contribution in [0.15, 0.2) is 85.2 Å². The zero-order chi connectivity index (χ0) is 22.1. The minimum atomic E-state index is -0.198. The molecule has 1 aliphatic heterocycles. The van der Waals surface area contributed by atoms with Crippen molar-refractivity contribution >= 4 is 11.9 Å². The number of amides is 1. The number of methoxy groups -OCH3 is 1. The van der Waals surface area contributed by atoms with Gasteiger partial charge in [0.15, 0.2) is 0 Å². The van der Waals surface area contributed by atoms with Crippen molar-refractivity contribution in [2.45, 2.75) is 25.4 Å². The lowest BCUT2D eigenvalue weighted by Crippen LogP contribution is -2.42. The standard InChI is InChI=1S/C26H24N4O2/c1-18-8-10-20(11-9-18)24-16-23(19-12-14-22(32-2)15-13-19)29(26-27-17-28-30(24)26)25(31)21-6-4-3-5-7-21/h3-15,17,23-24H,16H2,1-2H3/t23-,24+/m0/s1. The summed E-state index contributed by atoms with van der Waals surface area (Å²) in [6.45, 7) is 2.08. The molecule has 160 valence electrons. The maximum Gasteiger partial charge on any atom is 0.261 e. The number of benzene rings is 3. The van der Waals surface area contributed by atoms with Crippen LogP contribution >= 0.6 is 0 Å². The number of carbonyl (C=O) groups excluding carboxylic acids is 1. The third kappa shape index (κ3) is 3.54. The number of fused-ring (bicyclic) bond motifs is 1. The molecule has 4 aromatic rings. The predicted molar refractivity (Wildman–Crippen MR) is 123 cm³/mol. The Kier molecular flexibility index (Phi) is 5.19. The molecule has 0 bridgehead atoms. The molecule has 5 rings (SSSR count). The molecular formula is C26H24N4O2. The monoisotopic (exact) mass is 424 g/mol. The van der Waals surface area contributed by atoms with Gasteiger partial charge in [-0.3, -0.25) is 9.69 Å². The van der Waals surface area contributed by atoms with Crippen LogP contribution < -0.4 is 9.64 Å². The van der Waals surface area contributed by atoms with Gasteiger partial charge in [0.1, 0.15) is 12.1 Å². The average molecular weight is 425 g/mol. The summed E-state index contributed by atoms with van der Waals surface area (Å²) in [7, 11) is 1.65. The lowest BCUT2D eigenvalue weighted by molar-refractivity contribution is 0.0963. The highest BCUT2D eigenvalue weighted by molar-refractivity contribution is 6.05. The van der Waals surface area contributed by atoms with Crippen molar-refractivity contribution in [3.05, 3.63) is 107 Å². The van der Waals surface area contributed by atoms with Crippen molar-refractivity contribution in [3.63, 3.8) is 0 Å². The van der Waals surface area contributed by atoms with Crippen LogP contribution in [0.1, 0.15) is 45.6 Å². The quantitative estimate of drug-likeness (QED) is 0.464. The van der Waals surface area contributed by atoms with Crippen molar-refractivity contribution in [2.75, 3.05) is 12.0 Å². The predicted octanol–water partition coefficient (Wildman–Crippen LogP) is 4.98. The second-order valence-electron chi connectivity index (χ2n) is 8.00. The molecule has 1 amide bonds. The van der Waals surface area contributed by atoms with Gasteiger partial charge in [-0.25, -0.2) is 4.68 Å². The van der Waals surface area contributed by atoms with Crippen molar-refractivity contribution in [1.29, 1.82) is 0 Å². The Morgan fingerprint density at radius 2 is 1.56 bits per heavy atom. The zero-order valence-corrected chi connectivity index (χ0v) is 18.1. The van der Waals surface area contributed by atoms with Crippen molar-refractivity contribution in [3.8, 4) is 5.75 Å². The van der Waals surface area contributed by atoms with E-state index in [1.165, 1.54) is 11.9 Å². The zero-order valence-electron chi connectivity index (χ0n) is 18.1. The number of ether oxygens (including phenoxy) is 1. The van der Waals surface area contributed by atoms with Gasteiger partial charge in [0.25, 0.3) is 5.91 Å². The molecule has 32 heavy (non-hydrogen) atoms.